The molecular weight excluding hydrogens is 566 g/mol. The Kier molecular flexibility index (Phi) is 11.3. The van der Waals surface area contributed by atoms with E-state index in [1.165, 1.54) is 24.3 Å². The summed E-state index contributed by atoms with van der Waals surface area (Å²) in [5.74, 6) is -0.978. The topological polar surface area (TPSA) is 74.8 Å². The van der Waals surface area contributed by atoms with Crippen LogP contribution in [0.15, 0.2) is 47.4 Å². The number of sulfonamides is 1. The van der Waals surface area contributed by atoms with Gasteiger partial charge in [-0.05, 0) is 99.5 Å². The van der Waals surface area contributed by atoms with Gasteiger partial charge in [-0.2, -0.15) is 0 Å². The van der Waals surface area contributed by atoms with Crippen molar-refractivity contribution in [3.05, 3.63) is 65.2 Å². The monoisotopic (exact) mass is 604 g/mol. The minimum atomic E-state index is -3.35. The minimum absolute atomic E-state index is 0. The van der Waals surface area contributed by atoms with Gasteiger partial charge in [0.2, 0.25) is 10.0 Å². The maximum atomic E-state index is 14.1. The molecule has 1 atom stereocenters. The number of nitrogens with zero attached hydrogens (tertiary/aromatic N) is 2. The summed E-state index contributed by atoms with van der Waals surface area (Å²) in [5, 5.41) is 0. The zero-order valence-electron chi connectivity index (χ0n) is 22.4. The second-order valence-corrected chi connectivity index (χ2v) is 14.8. The lowest BCUT2D eigenvalue weighted by molar-refractivity contribution is 0.178. The van der Waals surface area contributed by atoms with Crippen molar-refractivity contribution in [2.75, 3.05) is 44.7 Å². The van der Waals surface area contributed by atoms with Crippen molar-refractivity contribution in [1.29, 1.82) is 0 Å². The number of likely N-dealkylation sites (tertiary alicyclic amines) is 1. The van der Waals surface area contributed by atoms with Crippen molar-refractivity contribution in [2.45, 2.75) is 55.8 Å². The summed E-state index contributed by atoms with van der Waals surface area (Å²) >= 11 is 0. The number of benzene rings is 2. The predicted octanol–water partition coefficient (Wildman–Crippen LogP) is 5.23. The Morgan fingerprint density at radius 1 is 0.846 bits per heavy atom. The van der Waals surface area contributed by atoms with Crippen LogP contribution in [0.5, 0.6) is 0 Å². The van der Waals surface area contributed by atoms with E-state index in [1.807, 2.05) is 0 Å². The van der Waals surface area contributed by atoms with Crippen LogP contribution in [-0.2, 0) is 19.9 Å². The van der Waals surface area contributed by atoms with E-state index in [1.54, 1.807) is 16.4 Å². The van der Waals surface area contributed by atoms with Crippen molar-refractivity contribution < 1.29 is 25.6 Å². The molecule has 2 aromatic carbocycles. The highest BCUT2D eigenvalue weighted by Crippen LogP contribution is 2.31. The zero-order chi connectivity index (χ0) is 27.3. The van der Waals surface area contributed by atoms with Gasteiger partial charge in [0.1, 0.15) is 11.6 Å². The molecule has 0 spiro atoms. The van der Waals surface area contributed by atoms with Crippen LogP contribution in [-0.4, -0.2) is 70.8 Å². The Hall–Kier alpha value is -1.59. The van der Waals surface area contributed by atoms with Gasteiger partial charge in [0.15, 0.2) is 9.84 Å². The lowest BCUT2D eigenvalue weighted by Crippen LogP contribution is -2.39. The number of rotatable bonds is 10. The van der Waals surface area contributed by atoms with Gasteiger partial charge in [0.25, 0.3) is 0 Å². The molecule has 11 heteroatoms. The molecule has 2 fully saturated rings. The summed E-state index contributed by atoms with van der Waals surface area (Å²) in [7, 11) is -6.52. The third kappa shape index (κ3) is 8.95. The molecule has 39 heavy (non-hydrogen) atoms. The molecule has 0 amide bonds. The van der Waals surface area contributed by atoms with E-state index in [0.717, 1.165) is 69.6 Å². The highest BCUT2D eigenvalue weighted by molar-refractivity contribution is 7.90. The summed E-state index contributed by atoms with van der Waals surface area (Å²) in [6, 6.07) is 10.1. The molecule has 0 aliphatic carbocycles. The summed E-state index contributed by atoms with van der Waals surface area (Å²) < 4.78 is 78.9. The SMILES string of the molecule is CS(=O)(=O)c1ccc(C(CCN2CCC(CCS(=O)(=O)N3CCCCC3)CC2)c2cc(F)cc(F)c2)cc1.Cl. The minimum Gasteiger partial charge on any atom is -0.303 e. The summed E-state index contributed by atoms with van der Waals surface area (Å²) in [5.41, 5.74) is 1.33. The first-order chi connectivity index (χ1) is 18.0. The molecule has 2 saturated heterocycles. The number of hydrogen-bond acceptors (Lipinski definition) is 5. The second-order valence-electron chi connectivity index (χ2n) is 10.7. The van der Waals surface area contributed by atoms with Gasteiger partial charge in [0.05, 0.1) is 10.6 Å². The smallest absolute Gasteiger partial charge is 0.214 e. The largest absolute Gasteiger partial charge is 0.303 e. The van der Waals surface area contributed by atoms with E-state index in [2.05, 4.69) is 4.90 Å². The number of hydrogen-bond donors (Lipinski definition) is 0. The molecule has 2 heterocycles. The quantitative estimate of drug-likeness (QED) is 0.371. The second kappa shape index (κ2) is 13.9. The van der Waals surface area contributed by atoms with Gasteiger partial charge >= 0.3 is 0 Å². The average molecular weight is 605 g/mol. The molecule has 0 aromatic heterocycles. The van der Waals surface area contributed by atoms with E-state index >= 15 is 0 Å². The van der Waals surface area contributed by atoms with Gasteiger partial charge < -0.3 is 4.90 Å². The first kappa shape index (κ1) is 31.9. The van der Waals surface area contributed by atoms with Crippen LogP contribution in [0.2, 0.25) is 0 Å². The Labute approximate surface area is 238 Å². The molecule has 6 nitrogen and oxygen atoms in total. The average Bonchev–Trinajstić information content (AvgIpc) is 2.88. The number of piperidine rings is 2. The molecule has 0 saturated carbocycles. The van der Waals surface area contributed by atoms with Gasteiger partial charge in [-0.25, -0.2) is 29.9 Å². The third-order valence-corrected chi connectivity index (χ3v) is 11.0. The van der Waals surface area contributed by atoms with E-state index in [-0.39, 0.29) is 29.0 Å². The zero-order valence-corrected chi connectivity index (χ0v) is 24.8. The van der Waals surface area contributed by atoms with Crippen molar-refractivity contribution in [1.82, 2.24) is 9.21 Å². The summed E-state index contributed by atoms with van der Waals surface area (Å²) in [6.07, 6.45) is 7.31. The van der Waals surface area contributed by atoms with E-state index < -0.39 is 31.5 Å². The first-order valence-electron chi connectivity index (χ1n) is 13.5. The molecule has 218 valence electrons. The lowest BCUT2D eigenvalue weighted by Gasteiger charge is -2.33. The fourth-order valence-corrected chi connectivity index (χ4v) is 7.98. The standard InChI is InChI=1S/C28H38F2N2O4S2.ClH/c1-37(33,34)27-7-5-23(6-8-27)28(24-19-25(29)21-26(30)20-24)11-17-31-15-9-22(10-16-31)12-18-38(35,36)32-13-3-2-4-14-32;/h5-8,19-22,28H,2-4,9-18H2,1H3;1H. The number of sulfone groups is 1. The van der Waals surface area contributed by atoms with Crippen LogP contribution in [0.1, 0.15) is 62.0 Å². The maximum absolute atomic E-state index is 14.1. The number of halogens is 3. The Balaban J connectivity index is 0.00000420. The van der Waals surface area contributed by atoms with E-state index in [0.29, 0.717) is 37.4 Å². The molecule has 2 aliphatic rings. The van der Waals surface area contributed by atoms with Crippen molar-refractivity contribution >= 4 is 32.3 Å². The lowest BCUT2D eigenvalue weighted by atomic mass is 9.87. The van der Waals surface area contributed by atoms with Gasteiger partial charge in [-0.15, -0.1) is 12.4 Å². The normalized spacial score (nSPS) is 18.9. The highest BCUT2D eigenvalue weighted by atomic mass is 35.5. The molecule has 0 bridgehead atoms. The van der Waals surface area contributed by atoms with Crippen molar-refractivity contribution in [3.63, 3.8) is 0 Å². The van der Waals surface area contributed by atoms with E-state index in [4.69, 9.17) is 0 Å². The fraction of sp³-hybridized carbons (Fsp3) is 0.571. The van der Waals surface area contributed by atoms with Crippen LogP contribution >= 0.6 is 12.4 Å². The van der Waals surface area contributed by atoms with Crippen LogP contribution in [0.4, 0.5) is 8.78 Å². The molecular formula is C28H39ClF2N2O4S2. The van der Waals surface area contributed by atoms with Gasteiger partial charge in [-0.3, -0.25) is 0 Å². The Morgan fingerprint density at radius 2 is 1.44 bits per heavy atom. The fourth-order valence-electron chi connectivity index (χ4n) is 5.65. The van der Waals surface area contributed by atoms with Crippen LogP contribution < -0.4 is 0 Å². The molecule has 2 aliphatic heterocycles. The highest BCUT2D eigenvalue weighted by Gasteiger charge is 2.27. The summed E-state index contributed by atoms with van der Waals surface area (Å²) in [6.45, 7) is 3.72. The molecule has 1 unspecified atom stereocenters. The Bertz CT molecular complexity index is 1270. The van der Waals surface area contributed by atoms with Gasteiger partial charge in [-0.1, -0.05) is 18.6 Å². The third-order valence-electron chi connectivity index (χ3n) is 7.93. The molecule has 4 rings (SSSR count). The molecule has 0 radical (unpaired) electrons. The summed E-state index contributed by atoms with van der Waals surface area (Å²) in [4.78, 5) is 2.53. The first-order valence-corrected chi connectivity index (χ1v) is 17.0. The molecule has 2 aromatic rings. The van der Waals surface area contributed by atoms with Crippen molar-refractivity contribution in [2.24, 2.45) is 5.92 Å². The predicted molar refractivity (Wildman–Crippen MR) is 153 cm³/mol. The van der Waals surface area contributed by atoms with E-state index in [9.17, 15) is 25.6 Å². The van der Waals surface area contributed by atoms with Crippen LogP contribution in [0.25, 0.3) is 0 Å². The Morgan fingerprint density at radius 3 is 2.00 bits per heavy atom. The van der Waals surface area contributed by atoms with Crippen LogP contribution in [0, 0.1) is 17.6 Å². The van der Waals surface area contributed by atoms with Gasteiger partial charge in [0, 0.05) is 31.3 Å². The van der Waals surface area contributed by atoms with Crippen molar-refractivity contribution in [3.8, 4) is 0 Å². The maximum Gasteiger partial charge on any atom is 0.214 e. The van der Waals surface area contributed by atoms with Crippen LogP contribution in [0.3, 0.4) is 0 Å². The molecule has 0 N–H and O–H groups in total.